The van der Waals surface area contributed by atoms with Crippen molar-refractivity contribution in [1.82, 2.24) is 14.5 Å². The van der Waals surface area contributed by atoms with Gasteiger partial charge < -0.3 is 10.1 Å². The molecule has 11 nitrogen and oxygen atoms in total. The molecular weight excluding hydrogens is 486 g/mol. The number of nitrogens with zero attached hydrogens (tertiary/aromatic N) is 3. The van der Waals surface area contributed by atoms with E-state index in [0.29, 0.717) is 17.7 Å². The first-order valence-electron chi connectivity index (χ1n) is 11.4. The van der Waals surface area contributed by atoms with E-state index in [9.17, 15) is 23.3 Å². The summed E-state index contributed by atoms with van der Waals surface area (Å²) in [6.07, 6.45) is 0.531. The molecule has 192 valence electrons. The van der Waals surface area contributed by atoms with Crippen molar-refractivity contribution in [3.8, 4) is 11.6 Å². The van der Waals surface area contributed by atoms with Crippen molar-refractivity contribution in [1.29, 1.82) is 0 Å². The fourth-order valence-electron chi connectivity index (χ4n) is 3.43. The van der Waals surface area contributed by atoms with Gasteiger partial charge in [0.05, 0.1) is 11.0 Å². The van der Waals surface area contributed by atoms with E-state index >= 15 is 0 Å². The molecule has 0 aliphatic heterocycles. The third-order valence-electron chi connectivity index (χ3n) is 5.25. The van der Waals surface area contributed by atoms with Crippen molar-refractivity contribution in [3.05, 3.63) is 69.4 Å². The number of ether oxygens (including phenoxy) is 1. The first-order chi connectivity index (χ1) is 16.9. The van der Waals surface area contributed by atoms with Gasteiger partial charge in [0.1, 0.15) is 10.6 Å². The van der Waals surface area contributed by atoms with Crippen molar-refractivity contribution in [2.45, 2.75) is 52.0 Å². The highest BCUT2D eigenvalue weighted by Gasteiger charge is 2.28. The Hall–Kier alpha value is -3.77. The molecule has 3 aromatic rings. The normalized spacial score (nSPS) is 11.5. The second-order valence-electron chi connectivity index (χ2n) is 8.53. The zero-order chi connectivity index (χ0) is 26.6. The summed E-state index contributed by atoms with van der Waals surface area (Å²) in [5, 5.41) is 18.5. The lowest BCUT2D eigenvalue weighted by atomic mass is 10.2. The van der Waals surface area contributed by atoms with Crippen molar-refractivity contribution in [2.24, 2.45) is 0 Å². The van der Waals surface area contributed by atoms with Gasteiger partial charge in [-0.3, -0.25) is 14.9 Å². The highest BCUT2D eigenvalue weighted by molar-refractivity contribution is 7.89. The molecule has 2 aromatic carbocycles. The maximum Gasteiger partial charge on any atom is 0.276 e. The van der Waals surface area contributed by atoms with Crippen LogP contribution in [-0.2, 0) is 10.0 Å². The van der Waals surface area contributed by atoms with Gasteiger partial charge in [-0.15, -0.1) is 0 Å². The number of amides is 1. The number of hydrogen-bond donors (Lipinski definition) is 2. The van der Waals surface area contributed by atoms with E-state index in [-0.39, 0.29) is 34.8 Å². The van der Waals surface area contributed by atoms with Gasteiger partial charge in [-0.25, -0.2) is 17.8 Å². The lowest BCUT2D eigenvalue weighted by Gasteiger charge is -2.15. The van der Waals surface area contributed by atoms with Gasteiger partial charge in [0.2, 0.25) is 15.9 Å². The van der Waals surface area contributed by atoms with E-state index in [1.807, 2.05) is 39.0 Å². The molecule has 0 radical (unpaired) electrons. The molecular formula is C24H29N5O6S. The highest BCUT2D eigenvalue weighted by atomic mass is 32.2. The average Bonchev–Trinajstić information content (AvgIpc) is 3.14. The van der Waals surface area contributed by atoms with E-state index in [4.69, 9.17) is 4.74 Å². The lowest BCUT2D eigenvalue weighted by Crippen LogP contribution is -2.25. The van der Waals surface area contributed by atoms with Crippen molar-refractivity contribution >= 4 is 27.3 Å². The van der Waals surface area contributed by atoms with Gasteiger partial charge in [0.15, 0.2) is 5.69 Å². The first kappa shape index (κ1) is 26.8. The minimum atomic E-state index is -4.12. The number of nitrogens with one attached hydrogen (secondary N) is 2. The van der Waals surface area contributed by atoms with Crippen LogP contribution in [0.25, 0.3) is 0 Å². The van der Waals surface area contributed by atoms with Crippen LogP contribution in [0.2, 0.25) is 0 Å². The predicted octanol–water partition coefficient (Wildman–Crippen LogP) is 4.72. The van der Waals surface area contributed by atoms with Crippen LogP contribution in [0, 0.1) is 24.0 Å². The number of carbonyl (C=O) groups excluding carboxylic acids is 1. The Morgan fingerprint density at radius 3 is 2.53 bits per heavy atom. The van der Waals surface area contributed by atoms with Gasteiger partial charge in [0, 0.05) is 29.9 Å². The molecule has 36 heavy (non-hydrogen) atoms. The second-order valence-corrected chi connectivity index (χ2v) is 10.3. The van der Waals surface area contributed by atoms with Crippen LogP contribution < -0.4 is 14.8 Å². The van der Waals surface area contributed by atoms with Crippen LogP contribution >= 0.6 is 0 Å². The summed E-state index contributed by atoms with van der Waals surface area (Å²) in [5.74, 6) is -0.427. The first-order valence-corrected chi connectivity index (χ1v) is 12.9. The van der Waals surface area contributed by atoms with Crippen LogP contribution in [-0.4, -0.2) is 35.6 Å². The van der Waals surface area contributed by atoms with Gasteiger partial charge in [-0.1, -0.05) is 19.1 Å². The number of nitro benzene ring substituents is 1. The maximum atomic E-state index is 13.0. The fourth-order valence-corrected chi connectivity index (χ4v) is 4.71. The van der Waals surface area contributed by atoms with Gasteiger partial charge in [0.25, 0.3) is 11.6 Å². The number of carbonyl (C=O) groups is 1. The molecule has 2 N–H and O–H groups in total. The Bertz CT molecular complexity index is 1400. The minimum absolute atomic E-state index is 0.107. The van der Waals surface area contributed by atoms with E-state index in [0.717, 1.165) is 17.7 Å². The third kappa shape index (κ3) is 5.89. The Kier molecular flexibility index (Phi) is 8.10. The Morgan fingerprint density at radius 2 is 1.92 bits per heavy atom. The van der Waals surface area contributed by atoms with Crippen molar-refractivity contribution < 1.29 is 22.9 Å². The number of non-ortho nitro benzene ring substituents is 1. The van der Waals surface area contributed by atoms with Crippen molar-refractivity contribution in [3.63, 3.8) is 0 Å². The van der Waals surface area contributed by atoms with Gasteiger partial charge in [-0.2, -0.15) is 5.10 Å². The van der Waals surface area contributed by atoms with Crippen LogP contribution in [0.5, 0.6) is 11.6 Å². The number of nitro groups is 1. The van der Waals surface area contributed by atoms with E-state index in [1.165, 1.54) is 10.7 Å². The smallest absolute Gasteiger partial charge is 0.276 e. The number of sulfonamides is 1. The fraction of sp³-hybridized carbons (Fsp3) is 0.333. The SMILES string of the molecule is CCCNS(=O)(=O)c1cc([N+](=O)[O-])ccc1Oc1c(C)c(C(=O)Nc2cccc(C)c2)nn1C(C)C. The van der Waals surface area contributed by atoms with E-state index < -0.39 is 26.5 Å². The monoisotopic (exact) mass is 515 g/mol. The molecule has 0 bridgehead atoms. The minimum Gasteiger partial charge on any atom is -0.438 e. The van der Waals surface area contributed by atoms with Crippen LogP contribution in [0.15, 0.2) is 47.4 Å². The summed E-state index contributed by atoms with van der Waals surface area (Å²) < 4.78 is 35.7. The molecule has 0 spiro atoms. The third-order valence-corrected chi connectivity index (χ3v) is 6.73. The summed E-state index contributed by atoms with van der Waals surface area (Å²) in [4.78, 5) is 23.3. The summed E-state index contributed by atoms with van der Waals surface area (Å²) >= 11 is 0. The summed E-state index contributed by atoms with van der Waals surface area (Å²) in [6, 6.07) is 10.4. The van der Waals surface area contributed by atoms with E-state index in [2.05, 4.69) is 15.1 Å². The Labute approximate surface area is 209 Å². The number of anilines is 1. The molecule has 0 atom stereocenters. The molecule has 0 saturated heterocycles. The van der Waals surface area contributed by atoms with Gasteiger partial charge >= 0.3 is 0 Å². The zero-order valence-electron chi connectivity index (χ0n) is 20.7. The second kappa shape index (κ2) is 10.9. The van der Waals surface area contributed by atoms with Crippen LogP contribution in [0.4, 0.5) is 11.4 Å². The molecule has 0 saturated carbocycles. The average molecular weight is 516 g/mol. The lowest BCUT2D eigenvalue weighted by molar-refractivity contribution is -0.385. The Morgan fingerprint density at radius 1 is 1.19 bits per heavy atom. The quantitative estimate of drug-likeness (QED) is 0.293. The predicted molar refractivity (Wildman–Crippen MR) is 135 cm³/mol. The maximum absolute atomic E-state index is 13.0. The number of aromatic nitrogens is 2. The Balaban J connectivity index is 2.06. The summed E-state index contributed by atoms with van der Waals surface area (Å²) in [5.41, 5.74) is 1.68. The molecule has 3 rings (SSSR count). The number of hydrogen-bond acceptors (Lipinski definition) is 7. The topological polar surface area (TPSA) is 145 Å². The molecule has 0 fully saturated rings. The number of rotatable bonds is 10. The summed E-state index contributed by atoms with van der Waals surface area (Å²) in [7, 11) is -4.12. The zero-order valence-corrected chi connectivity index (χ0v) is 21.5. The number of benzene rings is 2. The summed E-state index contributed by atoms with van der Waals surface area (Å²) in [6.45, 7) is 9.15. The standard InChI is InChI=1S/C24H29N5O6S/c1-6-12-25-36(33,34)21-14-19(29(31)32)10-11-20(21)35-24-17(5)22(27-28(24)15(2)3)23(30)26-18-9-7-8-16(4)13-18/h7-11,13-15,25H,6,12H2,1-5H3,(H,26,30). The number of aryl methyl sites for hydroxylation is 1. The van der Waals surface area contributed by atoms with Crippen molar-refractivity contribution in [2.75, 3.05) is 11.9 Å². The molecule has 12 heteroatoms. The molecule has 0 unspecified atom stereocenters. The van der Waals surface area contributed by atoms with Gasteiger partial charge in [-0.05, 0) is 57.9 Å². The molecule has 0 aliphatic rings. The van der Waals surface area contributed by atoms with E-state index in [1.54, 1.807) is 19.9 Å². The van der Waals surface area contributed by atoms with Crippen LogP contribution in [0.3, 0.4) is 0 Å². The molecule has 1 amide bonds. The molecule has 1 aromatic heterocycles. The molecule has 0 aliphatic carbocycles. The molecule has 1 heterocycles. The highest BCUT2D eigenvalue weighted by Crippen LogP contribution is 2.35. The van der Waals surface area contributed by atoms with Crippen LogP contribution in [0.1, 0.15) is 54.8 Å². The largest absolute Gasteiger partial charge is 0.438 e.